The molecule has 1 N–H and O–H groups in total. The first kappa shape index (κ1) is 12.5. The molecule has 0 aliphatic heterocycles. The number of fused-ring (bicyclic) bond motifs is 1. The second-order valence-corrected chi connectivity index (χ2v) is 6.85. The number of benzene rings is 1. The summed E-state index contributed by atoms with van der Waals surface area (Å²) >= 11 is 8.26. The van der Waals surface area contributed by atoms with Gasteiger partial charge in [-0.3, -0.25) is 0 Å². The molecule has 1 aliphatic carbocycles. The lowest BCUT2D eigenvalue weighted by molar-refractivity contribution is 0.505. The van der Waals surface area contributed by atoms with E-state index in [1.165, 1.54) is 34.2 Å². The summed E-state index contributed by atoms with van der Waals surface area (Å²) in [7, 11) is 0. The van der Waals surface area contributed by atoms with E-state index in [9.17, 15) is 0 Å². The molecule has 18 heavy (non-hydrogen) atoms. The zero-order valence-electron chi connectivity index (χ0n) is 10.6. The Morgan fingerprint density at radius 2 is 2.17 bits per heavy atom. The van der Waals surface area contributed by atoms with Crippen LogP contribution in [-0.4, -0.2) is 6.04 Å². The number of thiophene rings is 1. The van der Waals surface area contributed by atoms with Gasteiger partial charge in [0.05, 0.1) is 5.02 Å². The number of nitrogens with one attached hydrogen (secondary N) is 1. The Bertz CT molecular complexity index is 548. The molecule has 0 spiro atoms. The Labute approximate surface area is 117 Å². The molecule has 96 valence electrons. The lowest BCUT2D eigenvalue weighted by Gasteiger charge is -2.11. The van der Waals surface area contributed by atoms with E-state index < -0.39 is 0 Å². The summed E-state index contributed by atoms with van der Waals surface area (Å²) in [6, 6.07) is 9.06. The first-order chi connectivity index (χ1) is 8.74. The van der Waals surface area contributed by atoms with Crippen LogP contribution in [0.5, 0.6) is 0 Å². The van der Waals surface area contributed by atoms with Gasteiger partial charge >= 0.3 is 0 Å². The maximum absolute atomic E-state index is 6.44. The SMILES string of the molecule is CC1CCC(NCc2sc3ccccc3c2Cl)C1. The van der Waals surface area contributed by atoms with Gasteiger partial charge in [-0.1, -0.05) is 36.7 Å². The van der Waals surface area contributed by atoms with Gasteiger partial charge in [-0.25, -0.2) is 0 Å². The topological polar surface area (TPSA) is 12.0 Å². The summed E-state index contributed by atoms with van der Waals surface area (Å²) in [6.07, 6.45) is 3.98. The van der Waals surface area contributed by atoms with E-state index in [4.69, 9.17) is 11.6 Å². The Kier molecular flexibility index (Phi) is 3.60. The van der Waals surface area contributed by atoms with E-state index in [1.54, 1.807) is 0 Å². The molecule has 1 aromatic carbocycles. The number of rotatable bonds is 3. The highest BCUT2D eigenvalue weighted by Gasteiger charge is 2.21. The third kappa shape index (κ3) is 2.42. The fourth-order valence-electron chi connectivity index (χ4n) is 2.81. The molecule has 2 unspecified atom stereocenters. The first-order valence-electron chi connectivity index (χ1n) is 6.63. The molecule has 3 rings (SSSR count). The smallest absolute Gasteiger partial charge is 0.0636 e. The lowest BCUT2D eigenvalue weighted by Crippen LogP contribution is -2.25. The van der Waals surface area contributed by atoms with E-state index in [0.717, 1.165) is 17.5 Å². The zero-order chi connectivity index (χ0) is 12.5. The fraction of sp³-hybridized carbons (Fsp3) is 0.467. The normalized spacial score (nSPS) is 23.9. The van der Waals surface area contributed by atoms with Gasteiger partial charge in [-0.05, 0) is 31.2 Å². The predicted octanol–water partition coefficient (Wildman–Crippen LogP) is 4.83. The van der Waals surface area contributed by atoms with Crippen LogP contribution < -0.4 is 5.32 Å². The minimum atomic E-state index is 0.682. The lowest BCUT2D eigenvalue weighted by atomic mass is 10.1. The molecular formula is C15H18ClNS. The van der Waals surface area contributed by atoms with Crippen LogP contribution in [0.2, 0.25) is 5.02 Å². The minimum absolute atomic E-state index is 0.682. The van der Waals surface area contributed by atoms with Gasteiger partial charge in [0.2, 0.25) is 0 Å². The summed E-state index contributed by atoms with van der Waals surface area (Å²) in [6.45, 7) is 3.25. The van der Waals surface area contributed by atoms with Crippen LogP contribution >= 0.6 is 22.9 Å². The van der Waals surface area contributed by atoms with Gasteiger partial charge in [0.15, 0.2) is 0 Å². The van der Waals surface area contributed by atoms with E-state index >= 15 is 0 Å². The Hall–Kier alpha value is -0.570. The molecule has 2 aromatic rings. The first-order valence-corrected chi connectivity index (χ1v) is 7.83. The summed E-state index contributed by atoms with van der Waals surface area (Å²) in [5.74, 6) is 0.875. The van der Waals surface area contributed by atoms with E-state index in [0.29, 0.717) is 6.04 Å². The summed E-state index contributed by atoms with van der Waals surface area (Å²) in [5.41, 5.74) is 0. The summed E-state index contributed by atoms with van der Waals surface area (Å²) < 4.78 is 1.29. The van der Waals surface area contributed by atoms with Crippen molar-refractivity contribution in [3.8, 4) is 0 Å². The van der Waals surface area contributed by atoms with Crippen LogP contribution in [0.1, 0.15) is 31.1 Å². The summed E-state index contributed by atoms with van der Waals surface area (Å²) in [5, 5.41) is 5.79. The van der Waals surface area contributed by atoms with Crippen LogP contribution in [0.3, 0.4) is 0 Å². The van der Waals surface area contributed by atoms with Crippen LogP contribution in [0.4, 0.5) is 0 Å². The van der Waals surface area contributed by atoms with Crippen molar-refractivity contribution in [3.05, 3.63) is 34.2 Å². The van der Waals surface area contributed by atoms with Crippen molar-refractivity contribution in [2.45, 2.75) is 38.8 Å². The molecule has 0 amide bonds. The average molecular weight is 280 g/mol. The molecule has 0 bridgehead atoms. The van der Waals surface area contributed by atoms with Crippen molar-refractivity contribution in [2.24, 2.45) is 5.92 Å². The molecule has 0 saturated heterocycles. The number of hydrogen-bond donors (Lipinski definition) is 1. The minimum Gasteiger partial charge on any atom is -0.309 e. The molecule has 0 radical (unpaired) electrons. The maximum Gasteiger partial charge on any atom is 0.0636 e. The van der Waals surface area contributed by atoms with Crippen molar-refractivity contribution >= 4 is 33.0 Å². The Morgan fingerprint density at radius 1 is 1.33 bits per heavy atom. The van der Waals surface area contributed by atoms with Gasteiger partial charge in [-0.2, -0.15) is 0 Å². The third-order valence-corrected chi connectivity index (χ3v) is 5.56. The molecule has 1 saturated carbocycles. The van der Waals surface area contributed by atoms with Crippen LogP contribution in [0, 0.1) is 5.92 Å². The highest BCUT2D eigenvalue weighted by atomic mass is 35.5. The van der Waals surface area contributed by atoms with Gasteiger partial charge in [0.25, 0.3) is 0 Å². The quantitative estimate of drug-likeness (QED) is 0.848. The van der Waals surface area contributed by atoms with Crippen molar-refractivity contribution in [3.63, 3.8) is 0 Å². The average Bonchev–Trinajstić information content (AvgIpc) is 2.92. The summed E-state index contributed by atoms with van der Waals surface area (Å²) in [4.78, 5) is 1.28. The van der Waals surface area contributed by atoms with E-state index in [-0.39, 0.29) is 0 Å². The molecule has 1 heterocycles. The largest absolute Gasteiger partial charge is 0.309 e. The van der Waals surface area contributed by atoms with Gasteiger partial charge < -0.3 is 5.32 Å². The second kappa shape index (κ2) is 5.20. The molecule has 1 nitrogen and oxygen atoms in total. The van der Waals surface area contributed by atoms with Crippen LogP contribution in [-0.2, 0) is 6.54 Å². The molecule has 1 aromatic heterocycles. The molecule has 2 atom stereocenters. The van der Waals surface area contributed by atoms with Crippen LogP contribution in [0.15, 0.2) is 24.3 Å². The van der Waals surface area contributed by atoms with Gasteiger partial charge in [-0.15, -0.1) is 11.3 Å². The number of halogens is 1. The van der Waals surface area contributed by atoms with E-state index in [2.05, 4.69) is 36.5 Å². The van der Waals surface area contributed by atoms with Gasteiger partial charge in [0.1, 0.15) is 0 Å². The fourth-order valence-corrected chi connectivity index (χ4v) is 4.26. The number of hydrogen-bond acceptors (Lipinski definition) is 2. The van der Waals surface area contributed by atoms with Crippen molar-refractivity contribution < 1.29 is 0 Å². The second-order valence-electron chi connectivity index (χ2n) is 5.33. The zero-order valence-corrected chi connectivity index (χ0v) is 12.2. The standard InChI is InChI=1S/C15H18ClNS/c1-10-6-7-11(8-10)17-9-14-15(16)12-4-2-3-5-13(12)18-14/h2-5,10-11,17H,6-9H2,1H3. The molecule has 1 aliphatic rings. The highest BCUT2D eigenvalue weighted by molar-refractivity contribution is 7.19. The van der Waals surface area contributed by atoms with Crippen molar-refractivity contribution in [1.29, 1.82) is 0 Å². The Balaban J connectivity index is 1.73. The molecular weight excluding hydrogens is 262 g/mol. The van der Waals surface area contributed by atoms with Crippen molar-refractivity contribution in [2.75, 3.05) is 0 Å². The van der Waals surface area contributed by atoms with Crippen molar-refractivity contribution in [1.82, 2.24) is 5.32 Å². The van der Waals surface area contributed by atoms with E-state index in [1.807, 2.05) is 11.3 Å². The maximum atomic E-state index is 6.44. The monoisotopic (exact) mass is 279 g/mol. The Morgan fingerprint density at radius 3 is 2.89 bits per heavy atom. The highest BCUT2D eigenvalue weighted by Crippen LogP contribution is 2.35. The molecule has 1 fully saturated rings. The van der Waals surface area contributed by atoms with Gasteiger partial charge in [0, 0.05) is 27.5 Å². The molecule has 3 heteroatoms. The third-order valence-electron chi connectivity index (χ3n) is 3.85. The van der Waals surface area contributed by atoms with Crippen LogP contribution in [0.25, 0.3) is 10.1 Å². The predicted molar refractivity (Wildman–Crippen MR) is 80.5 cm³/mol.